The van der Waals surface area contributed by atoms with Crippen molar-refractivity contribution in [3.63, 3.8) is 0 Å². The van der Waals surface area contributed by atoms with E-state index in [1.165, 1.54) is 12.1 Å². The van der Waals surface area contributed by atoms with Gasteiger partial charge in [0.05, 0.1) is 0 Å². The predicted octanol–water partition coefficient (Wildman–Crippen LogP) is 2.05. The van der Waals surface area contributed by atoms with Crippen molar-refractivity contribution in [3.8, 4) is 0 Å². The molecule has 0 unspecified atom stereocenters. The molecule has 1 aromatic rings. The quantitative estimate of drug-likeness (QED) is 0.476. The second kappa shape index (κ2) is 9.43. The maximum atomic E-state index is 13.1. The van der Waals surface area contributed by atoms with Crippen LogP contribution in [-0.2, 0) is 4.74 Å². The molecule has 7 nitrogen and oxygen atoms in total. The minimum absolute atomic E-state index is 0.220. The molecule has 1 heterocycles. The van der Waals surface area contributed by atoms with Crippen molar-refractivity contribution in [2.24, 2.45) is 4.99 Å². The number of alkyl carbamates (subject to hydrolysis) is 1. The number of nitrogens with one attached hydrogen (secondary N) is 2. The van der Waals surface area contributed by atoms with E-state index in [9.17, 15) is 9.18 Å². The zero-order chi connectivity index (χ0) is 19.9. The van der Waals surface area contributed by atoms with Gasteiger partial charge in [0.2, 0.25) is 0 Å². The fourth-order valence-corrected chi connectivity index (χ4v) is 2.81. The summed E-state index contributed by atoms with van der Waals surface area (Å²) >= 11 is 0. The number of hydrogen-bond acceptors (Lipinski definition) is 4. The summed E-state index contributed by atoms with van der Waals surface area (Å²) in [5.74, 6) is 0.585. The van der Waals surface area contributed by atoms with Gasteiger partial charge >= 0.3 is 6.09 Å². The summed E-state index contributed by atoms with van der Waals surface area (Å²) in [6, 6.07) is 6.58. The number of ether oxygens (including phenoxy) is 1. The Balaban J connectivity index is 1.72. The second-order valence-electron chi connectivity index (χ2n) is 7.35. The largest absolute Gasteiger partial charge is 0.444 e. The minimum atomic E-state index is -0.502. The molecule has 0 saturated carbocycles. The number of carbonyl (C=O) groups excluding carboxylic acids is 1. The van der Waals surface area contributed by atoms with Gasteiger partial charge in [0, 0.05) is 52.0 Å². The monoisotopic (exact) mass is 379 g/mol. The summed E-state index contributed by atoms with van der Waals surface area (Å²) in [4.78, 5) is 20.4. The molecular formula is C19H30FN5O2. The molecule has 0 aromatic heterocycles. The molecule has 0 radical (unpaired) electrons. The van der Waals surface area contributed by atoms with Crippen molar-refractivity contribution in [2.45, 2.75) is 26.4 Å². The van der Waals surface area contributed by atoms with E-state index in [0.717, 1.165) is 37.8 Å². The standard InChI is InChI=1S/C19H30FN5O2/c1-19(2,3)27-18(26)23-10-9-22-17(21-4)25-13-11-24(12-14-25)16-7-5-15(20)6-8-16/h5-8H,9-14H2,1-4H3,(H,21,22)(H,23,26). The topological polar surface area (TPSA) is 69.2 Å². The number of rotatable bonds is 4. The SMILES string of the molecule is CN=C(NCCNC(=O)OC(C)(C)C)N1CCN(c2ccc(F)cc2)CC1. The molecule has 0 spiro atoms. The van der Waals surface area contributed by atoms with Gasteiger partial charge in [-0.15, -0.1) is 0 Å². The maximum Gasteiger partial charge on any atom is 0.407 e. The minimum Gasteiger partial charge on any atom is -0.444 e. The second-order valence-corrected chi connectivity index (χ2v) is 7.35. The van der Waals surface area contributed by atoms with Crippen LogP contribution in [0.5, 0.6) is 0 Å². The molecule has 1 aromatic carbocycles. The molecule has 1 amide bonds. The van der Waals surface area contributed by atoms with Gasteiger partial charge in [-0.25, -0.2) is 9.18 Å². The van der Waals surface area contributed by atoms with Crippen LogP contribution in [0.4, 0.5) is 14.9 Å². The van der Waals surface area contributed by atoms with E-state index in [2.05, 4.69) is 25.4 Å². The Morgan fingerprint density at radius 3 is 2.26 bits per heavy atom. The third-order valence-corrected chi connectivity index (χ3v) is 4.06. The lowest BCUT2D eigenvalue weighted by Crippen LogP contribution is -2.53. The number of nitrogens with zero attached hydrogens (tertiary/aromatic N) is 3. The Morgan fingerprint density at radius 2 is 1.70 bits per heavy atom. The van der Waals surface area contributed by atoms with Crippen LogP contribution in [0.25, 0.3) is 0 Å². The highest BCUT2D eigenvalue weighted by molar-refractivity contribution is 5.80. The predicted molar refractivity (Wildman–Crippen MR) is 106 cm³/mol. The zero-order valence-corrected chi connectivity index (χ0v) is 16.6. The van der Waals surface area contributed by atoms with E-state index >= 15 is 0 Å². The first kappa shape index (κ1) is 20.8. The normalized spacial score (nSPS) is 15.5. The number of amides is 1. The number of anilines is 1. The number of piperazine rings is 1. The van der Waals surface area contributed by atoms with Gasteiger partial charge in [0.1, 0.15) is 11.4 Å². The lowest BCUT2D eigenvalue weighted by Gasteiger charge is -2.37. The van der Waals surface area contributed by atoms with Crippen LogP contribution in [0.2, 0.25) is 0 Å². The van der Waals surface area contributed by atoms with E-state index in [-0.39, 0.29) is 5.82 Å². The zero-order valence-electron chi connectivity index (χ0n) is 16.6. The molecule has 27 heavy (non-hydrogen) atoms. The fourth-order valence-electron chi connectivity index (χ4n) is 2.81. The van der Waals surface area contributed by atoms with Crippen molar-refractivity contribution >= 4 is 17.7 Å². The Bertz CT molecular complexity index is 634. The number of carbonyl (C=O) groups is 1. The van der Waals surface area contributed by atoms with Crippen molar-refractivity contribution in [3.05, 3.63) is 30.1 Å². The van der Waals surface area contributed by atoms with Crippen LogP contribution >= 0.6 is 0 Å². The molecule has 1 fully saturated rings. The van der Waals surface area contributed by atoms with Crippen LogP contribution in [0, 0.1) is 5.82 Å². The molecule has 0 atom stereocenters. The van der Waals surface area contributed by atoms with Gasteiger partial charge in [-0.3, -0.25) is 4.99 Å². The van der Waals surface area contributed by atoms with Gasteiger partial charge < -0.3 is 25.2 Å². The van der Waals surface area contributed by atoms with Crippen molar-refractivity contribution in [2.75, 3.05) is 51.2 Å². The summed E-state index contributed by atoms with van der Waals surface area (Å²) in [6.45, 7) is 9.81. The number of halogens is 1. The van der Waals surface area contributed by atoms with Gasteiger partial charge in [-0.1, -0.05) is 0 Å². The highest BCUT2D eigenvalue weighted by Gasteiger charge is 2.20. The van der Waals surface area contributed by atoms with Crippen LogP contribution in [0.1, 0.15) is 20.8 Å². The first-order valence-electron chi connectivity index (χ1n) is 9.21. The highest BCUT2D eigenvalue weighted by atomic mass is 19.1. The number of guanidine groups is 1. The Labute approximate surface area is 160 Å². The third-order valence-electron chi connectivity index (χ3n) is 4.06. The molecule has 2 N–H and O–H groups in total. The average molecular weight is 379 g/mol. The van der Waals surface area contributed by atoms with E-state index in [4.69, 9.17) is 4.74 Å². The average Bonchev–Trinajstić information content (AvgIpc) is 2.61. The molecular weight excluding hydrogens is 349 g/mol. The van der Waals surface area contributed by atoms with E-state index in [1.807, 2.05) is 20.8 Å². The molecule has 150 valence electrons. The first-order valence-corrected chi connectivity index (χ1v) is 9.21. The van der Waals surface area contributed by atoms with Crippen molar-refractivity contribution < 1.29 is 13.9 Å². The molecule has 0 bridgehead atoms. The van der Waals surface area contributed by atoms with E-state index in [0.29, 0.717) is 13.1 Å². The molecule has 1 aliphatic rings. The summed E-state index contributed by atoms with van der Waals surface area (Å²) in [6.07, 6.45) is -0.424. The Kier molecular flexibility index (Phi) is 7.27. The van der Waals surface area contributed by atoms with Crippen LogP contribution in [-0.4, -0.2) is 68.9 Å². The van der Waals surface area contributed by atoms with E-state index < -0.39 is 11.7 Å². The summed E-state index contributed by atoms with van der Waals surface area (Å²) < 4.78 is 18.3. The fraction of sp³-hybridized carbons (Fsp3) is 0.579. The van der Waals surface area contributed by atoms with Gasteiger partial charge in [-0.2, -0.15) is 0 Å². The smallest absolute Gasteiger partial charge is 0.407 e. The molecule has 8 heteroatoms. The molecule has 2 rings (SSSR count). The summed E-state index contributed by atoms with van der Waals surface area (Å²) in [5.41, 5.74) is 0.526. The molecule has 1 saturated heterocycles. The first-order chi connectivity index (χ1) is 12.8. The summed E-state index contributed by atoms with van der Waals surface area (Å²) in [5, 5.41) is 5.98. The van der Waals surface area contributed by atoms with Crippen LogP contribution < -0.4 is 15.5 Å². The van der Waals surface area contributed by atoms with Gasteiger partial charge in [0.15, 0.2) is 5.96 Å². The van der Waals surface area contributed by atoms with Gasteiger partial charge in [0.25, 0.3) is 0 Å². The van der Waals surface area contributed by atoms with Crippen LogP contribution in [0.15, 0.2) is 29.3 Å². The van der Waals surface area contributed by atoms with Crippen molar-refractivity contribution in [1.82, 2.24) is 15.5 Å². The van der Waals surface area contributed by atoms with E-state index in [1.54, 1.807) is 19.2 Å². The Morgan fingerprint density at radius 1 is 1.11 bits per heavy atom. The van der Waals surface area contributed by atoms with Crippen LogP contribution in [0.3, 0.4) is 0 Å². The number of hydrogen-bond donors (Lipinski definition) is 2. The van der Waals surface area contributed by atoms with Crippen molar-refractivity contribution in [1.29, 1.82) is 0 Å². The Hall–Kier alpha value is -2.51. The lowest BCUT2D eigenvalue weighted by molar-refractivity contribution is 0.0529. The summed E-state index contributed by atoms with van der Waals surface area (Å²) in [7, 11) is 1.75. The third kappa shape index (κ3) is 6.96. The van der Waals surface area contributed by atoms with Gasteiger partial charge in [-0.05, 0) is 45.0 Å². The molecule has 1 aliphatic heterocycles. The maximum absolute atomic E-state index is 13.1. The highest BCUT2D eigenvalue weighted by Crippen LogP contribution is 2.16. The molecule has 0 aliphatic carbocycles. The number of aliphatic imine (C=N–C) groups is 1. The number of benzene rings is 1. The lowest BCUT2D eigenvalue weighted by atomic mass is 10.2.